The summed E-state index contributed by atoms with van der Waals surface area (Å²) in [5.74, 6) is -1.12. The van der Waals surface area contributed by atoms with Crippen LogP contribution in [0.1, 0.15) is 50.4 Å². The van der Waals surface area contributed by atoms with Gasteiger partial charge in [0.05, 0.1) is 6.04 Å². The van der Waals surface area contributed by atoms with Crippen LogP contribution in [0.5, 0.6) is 0 Å². The van der Waals surface area contributed by atoms with Crippen molar-refractivity contribution >= 4 is 17.9 Å². The highest BCUT2D eigenvalue weighted by atomic mass is 16.5. The first-order valence-corrected chi connectivity index (χ1v) is 11.7. The zero-order valence-electron chi connectivity index (χ0n) is 18.8. The van der Waals surface area contributed by atoms with E-state index < -0.39 is 18.0 Å². The molecule has 0 unspecified atom stereocenters. The molecule has 0 saturated carbocycles. The molecule has 32 heavy (non-hydrogen) atoms. The van der Waals surface area contributed by atoms with E-state index in [0.717, 1.165) is 12.1 Å². The molecule has 0 bridgehead atoms. The van der Waals surface area contributed by atoms with Gasteiger partial charge in [-0.3, -0.25) is 14.4 Å². The van der Waals surface area contributed by atoms with Crippen molar-refractivity contribution in [3.63, 3.8) is 0 Å². The average Bonchev–Trinajstić information content (AvgIpc) is 3.34. The monoisotopic (exact) mass is 443 g/mol. The Hall–Kier alpha value is -2.45. The van der Waals surface area contributed by atoms with Crippen molar-refractivity contribution in [3.05, 3.63) is 39.8 Å². The highest BCUT2D eigenvalue weighted by Crippen LogP contribution is 2.50. The van der Waals surface area contributed by atoms with E-state index in [1.165, 1.54) is 0 Å². The number of aliphatic hydroxyl groups excluding tert-OH is 1. The number of likely N-dealkylation sites (tertiary alicyclic amines) is 1. The molecule has 8 nitrogen and oxygen atoms in total. The molecule has 4 heterocycles. The standard InChI is InChI=1S/C24H33N3O5/c1-3-5-15-6-7-19-20-17(13-26(19)23(15)30)18(14-28)21(22(29)25-10-4-2)27(20)24(31)16-8-11-32-12-9-16/h3,5-7,16-18,20-21,28H,4,8-14H2,1-2H3,(H,25,29)/b5-3+/t17-,18-,20+,21-/m1/s1. The van der Waals surface area contributed by atoms with Gasteiger partial charge in [-0.05, 0) is 38.3 Å². The zero-order valence-corrected chi connectivity index (χ0v) is 18.8. The molecule has 4 atom stereocenters. The SMILES string of the molecule is C/C=C/c1ccc2n(c1=O)C[C@@H]1[C@@H](CO)[C@H](C(=O)NCCC)N(C(=O)C3CCOCC3)[C@H]21. The number of fused-ring (bicyclic) bond motifs is 3. The van der Waals surface area contributed by atoms with Crippen molar-refractivity contribution in [2.45, 2.75) is 51.7 Å². The average molecular weight is 444 g/mol. The first-order valence-electron chi connectivity index (χ1n) is 11.7. The Balaban J connectivity index is 1.77. The number of rotatable bonds is 6. The number of carbonyl (C=O) groups excluding carboxylic acids is 2. The highest BCUT2D eigenvalue weighted by Gasteiger charge is 2.57. The number of aromatic nitrogens is 1. The van der Waals surface area contributed by atoms with Gasteiger partial charge in [0.25, 0.3) is 5.56 Å². The first kappa shape index (κ1) is 22.7. The van der Waals surface area contributed by atoms with Gasteiger partial charge in [-0.15, -0.1) is 0 Å². The molecular weight excluding hydrogens is 410 g/mol. The molecule has 4 rings (SSSR count). The lowest BCUT2D eigenvalue weighted by atomic mass is 9.88. The molecule has 2 fully saturated rings. The van der Waals surface area contributed by atoms with Crippen molar-refractivity contribution in [2.75, 3.05) is 26.4 Å². The third kappa shape index (κ3) is 3.79. The Bertz CT molecular complexity index is 949. The molecule has 2 N–H and O–H groups in total. The van der Waals surface area contributed by atoms with Crippen LogP contribution >= 0.6 is 0 Å². The molecule has 2 amide bonds. The number of amides is 2. The van der Waals surface area contributed by atoms with Crippen molar-refractivity contribution in [3.8, 4) is 0 Å². The van der Waals surface area contributed by atoms with Crippen molar-refractivity contribution in [1.82, 2.24) is 14.8 Å². The fourth-order valence-electron chi connectivity index (χ4n) is 5.56. The van der Waals surface area contributed by atoms with E-state index in [-0.39, 0.29) is 35.8 Å². The lowest BCUT2D eigenvalue weighted by Gasteiger charge is -2.34. The topological polar surface area (TPSA) is 101 Å². The maximum absolute atomic E-state index is 13.8. The van der Waals surface area contributed by atoms with Crippen LogP contribution in [0.15, 0.2) is 23.0 Å². The van der Waals surface area contributed by atoms with Gasteiger partial charge in [-0.1, -0.05) is 19.1 Å². The normalized spacial score (nSPS) is 27.5. The molecule has 0 radical (unpaired) electrons. The predicted molar refractivity (Wildman–Crippen MR) is 120 cm³/mol. The Morgan fingerprint density at radius 2 is 2.03 bits per heavy atom. The highest BCUT2D eigenvalue weighted by molar-refractivity contribution is 5.90. The number of nitrogens with one attached hydrogen (secondary N) is 1. The lowest BCUT2D eigenvalue weighted by Crippen LogP contribution is -2.52. The third-order valence-corrected chi connectivity index (χ3v) is 7.09. The van der Waals surface area contributed by atoms with E-state index in [4.69, 9.17) is 4.74 Å². The minimum atomic E-state index is -0.740. The molecule has 174 valence electrons. The lowest BCUT2D eigenvalue weighted by molar-refractivity contribution is -0.147. The molecule has 2 saturated heterocycles. The number of ether oxygens (including phenoxy) is 1. The number of hydrogen-bond acceptors (Lipinski definition) is 5. The van der Waals surface area contributed by atoms with E-state index in [1.807, 2.05) is 26.0 Å². The summed E-state index contributed by atoms with van der Waals surface area (Å²) in [6.07, 6.45) is 5.62. The third-order valence-electron chi connectivity index (χ3n) is 7.09. The number of carbonyl (C=O) groups is 2. The van der Waals surface area contributed by atoms with E-state index in [9.17, 15) is 19.5 Å². The van der Waals surface area contributed by atoms with Gasteiger partial charge in [0, 0.05) is 61.9 Å². The number of allylic oxidation sites excluding steroid dienone is 1. The minimum absolute atomic E-state index is 0.0747. The van der Waals surface area contributed by atoms with Gasteiger partial charge in [0.1, 0.15) is 6.04 Å². The molecule has 1 aromatic heterocycles. The second-order valence-corrected chi connectivity index (χ2v) is 8.95. The molecule has 1 aromatic rings. The summed E-state index contributed by atoms with van der Waals surface area (Å²) in [5, 5.41) is 13.2. The fourth-order valence-corrected chi connectivity index (χ4v) is 5.56. The summed E-state index contributed by atoms with van der Waals surface area (Å²) in [7, 11) is 0. The van der Waals surface area contributed by atoms with E-state index in [2.05, 4.69) is 5.32 Å². The predicted octanol–water partition coefficient (Wildman–Crippen LogP) is 1.32. The van der Waals surface area contributed by atoms with Crippen LogP contribution in [0, 0.1) is 17.8 Å². The second kappa shape index (κ2) is 9.58. The van der Waals surface area contributed by atoms with Crippen molar-refractivity contribution in [2.24, 2.45) is 17.8 Å². The summed E-state index contributed by atoms with van der Waals surface area (Å²) in [6.45, 7) is 5.59. The first-order chi connectivity index (χ1) is 15.5. The number of nitrogens with zero attached hydrogens (tertiary/aromatic N) is 2. The molecule has 0 aromatic carbocycles. The zero-order chi connectivity index (χ0) is 22.8. The van der Waals surface area contributed by atoms with Crippen LogP contribution in [-0.4, -0.2) is 58.8 Å². The van der Waals surface area contributed by atoms with Crippen LogP contribution in [0.4, 0.5) is 0 Å². The maximum Gasteiger partial charge on any atom is 0.258 e. The quantitative estimate of drug-likeness (QED) is 0.691. The molecule has 0 spiro atoms. The number of pyridine rings is 1. The van der Waals surface area contributed by atoms with Crippen LogP contribution < -0.4 is 10.9 Å². The van der Waals surface area contributed by atoms with Gasteiger partial charge in [-0.25, -0.2) is 0 Å². The second-order valence-electron chi connectivity index (χ2n) is 8.95. The maximum atomic E-state index is 13.8. The van der Waals surface area contributed by atoms with Gasteiger partial charge in [0.2, 0.25) is 11.8 Å². The van der Waals surface area contributed by atoms with Gasteiger partial charge in [-0.2, -0.15) is 0 Å². The van der Waals surface area contributed by atoms with Crippen molar-refractivity contribution < 1.29 is 19.4 Å². The molecule has 0 aliphatic carbocycles. The smallest absolute Gasteiger partial charge is 0.258 e. The summed E-state index contributed by atoms with van der Waals surface area (Å²) in [5.41, 5.74) is 1.24. The Morgan fingerprint density at radius 3 is 2.69 bits per heavy atom. The summed E-state index contributed by atoms with van der Waals surface area (Å²) >= 11 is 0. The molecule has 8 heteroatoms. The Kier molecular flexibility index (Phi) is 6.81. The Morgan fingerprint density at radius 1 is 1.28 bits per heavy atom. The van der Waals surface area contributed by atoms with Crippen LogP contribution in [-0.2, 0) is 20.9 Å². The fraction of sp³-hybridized carbons (Fsp3) is 0.625. The Labute approximate surface area is 188 Å². The van der Waals surface area contributed by atoms with Gasteiger partial charge < -0.3 is 24.6 Å². The number of aliphatic hydroxyl groups is 1. The van der Waals surface area contributed by atoms with E-state index >= 15 is 0 Å². The summed E-state index contributed by atoms with van der Waals surface area (Å²) < 4.78 is 7.16. The largest absolute Gasteiger partial charge is 0.396 e. The molecular formula is C24H33N3O5. The van der Waals surface area contributed by atoms with E-state index in [0.29, 0.717) is 44.7 Å². The van der Waals surface area contributed by atoms with Crippen molar-refractivity contribution in [1.29, 1.82) is 0 Å². The van der Waals surface area contributed by atoms with Gasteiger partial charge in [0.15, 0.2) is 0 Å². The summed E-state index contributed by atoms with van der Waals surface area (Å²) in [6, 6.07) is 2.54. The molecule has 3 aliphatic rings. The summed E-state index contributed by atoms with van der Waals surface area (Å²) in [4.78, 5) is 41.7. The van der Waals surface area contributed by atoms with Crippen LogP contribution in [0.3, 0.4) is 0 Å². The van der Waals surface area contributed by atoms with Gasteiger partial charge >= 0.3 is 0 Å². The minimum Gasteiger partial charge on any atom is -0.396 e. The van der Waals surface area contributed by atoms with E-state index in [1.54, 1.807) is 21.6 Å². The number of hydrogen-bond donors (Lipinski definition) is 2. The van der Waals surface area contributed by atoms with Crippen LogP contribution in [0.25, 0.3) is 6.08 Å². The molecule has 3 aliphatic heterocycles. The van der Waals surface area contributed by atoms with Crippen LogP contribution in [0.2, 0.25) is 0 Å².